The second-order valence-corrected chi connectivity index (χ2v) is 9.18. The molecule has 4 rings (SSSR count). The number of nitrogens with one attached hydrogen (secondary N) is 1. The van der Waals surface area contributed by atoms with Crippen molar-refractivity contribution in [2.75, 3.05) is 39.2 Å². The second kappa shape index (κ2) is 12.8. The average Bonchev–Trinajstić information content (AvgIpc) is 3.40. The van der Waals surface area contributed by atoms with Gasteiger partial charge in [-0.25, -0.2) is 14.2 Å². The van der Waals surface area contributed by atoms with Crippen LogP contribution in [0.2, 0.25) is 0 Å². The van der Waals surface area contributed by atoms with Gasteiger partial charge in [-0.3, -0.25) is 4.79 Å². The summed E-state index contributed by atoms with van der Waals surface area (Å²) < 4.78 is 63.6. The van der Waals surface area contributed by atoms with Gasteiger partial charge in [0.1, 0.15) is 18.1 Å². The van der Waals surface area contributed by atoms with Gasteiger partial charge in [-0.15, -0.1) is 0 Å². The van der Waals surface area contributed by atoms with E-state index < -0.39 is 42.1 Å². The van der Waals surface area contributed by atoms with Crippen LogP contribution in [0.1, 0.15) is 29.2 Å². The first-order valence-corrected chi connectivity index (χ1v) is 12.6. The van der Waals surface area contributed by atoms with Gasteiger partial charge < -0.3 is 19.7 Å². The molecule has 1 aliphatic heterocycles. The van der Waals surface area contributed by atoms with E-state index >= 15 is 0 Å². The number of alkyl halides is 3. The highest BCUT2D eigenvalue weighted by atomic mass is 19.4. The number of hydrogen-bond donors (Lipinski definition) is 1. The van der Waals surface area contributed by atoms with Crippen molar-refractivity contribution in [3.63, 3.8) is 0 Å². The van der Waals surface area contributed by atoms with Gasteiger partial charge in [0.2, 0.25) is 0 Å². The van der Waals surface area contributed by atoms with Crippen LogP contribution in [0, 0.1) is 5.82 Å². The summed E-state index contributed by atoms with van der Waals surface area (Å²) in [6, 6.07) is 15.8. The molecule has 0 saturated carbocycles. The van der Waals surface area contributed by atoms with Gasteiger partial charge in [-0.05, 0) is 48.0 Å². The molecule has 0 bridgehead atoms. The highest BCUT2D eigenvalue weighted by Crippen LogP contribution is 2.34. The monoisotopic (exact) mass is 572 g/mol. The lowest BCUT2D eigenvalue weighted by molar-refractivity contribution is -0.137. The fourth-order valence-electron chi connectivity index (χ4n) is 4.32. The first-order valence-electron chi connectivity index (χ1n) is 12.6. The summed E-state index contributed by atoms with van der Waals surface area (Å²) in [5.41, 5.74) is 0.624. The van der Waals surface area contributed by atoms with Crippen molar-refractivity contribution >= 4 is 23.3 Å². The normalized spacial score (nSPS) is 14.9. The Morgan fingerprint density at radius 3 is 2.32 bits per heavy atom. The Hall–Kier alpha value is -4.45. The zero-order valence-electron chi connectivity index (χ0n) is 22.3. The topological polar surface area (TPSA) is 83.5 Å². The Morgan fingerprint density at radius 2 is 1.71 bits per heavy atom. The average molecular weight is 573 g/mol. The molecule has 12 heteroatoms. The first-order chi connectivity index (χ1) is 19.6. The summed E-state index contributed by atoms with van der Waals surface area (Å²) in [5, 5.41) is 8.21. The minimum Gasteiger partial charge on any atom is -0.497 e. The number of carbonyl (C=O) groups excluding carboxylic acids is 2. The Bertz CT molecular complexity index is 1400. The third kappa shape index (κ3) is 7.20. The van der Waals surface area contributed by atoms with E-state index in [1.54, 1.807) is 42.5 Å². The Morgan fingerprint density at radius 1 is 1.02 bits per heavy atom. The number of hydrazone groups is 1. The highest BCUT2D eigenvalue weighted by molar-refractivity contribution is 6.03. The van der Waals surface area contributed by atoms with E-state index in [9.17, 15) is 27.2 Å². The Labute approximate surface area is 234 Å². The quantitative estimate of drug-likeness (QED) is 0.333. The third-order valence-corrected chi connectivity index (χ3v) is 6.49. The molecule has 0 saturated heterocycles. The molecule has 1 aliphatic rings. The number of carbonyl (C=O) groups is 2. The van der Waals surface area contributed by atoms with Crippen molar-refractivity contribution in [3.8, 4) is 5.75 Å². The molecule has 1 atom stereocenters. The molecule has 0 spiro atoms. The number of urea groups is 1. The lowest BCUT2D eigenvalue weighted by Gasteiger charge is -2.27. The molecule has 41 heavy (non-hydrogen) atoms. The summed E-state index contributed by atoms with van der Waals surface area (Å²) in [5.74, 6) is -0.409. The second-order valence-electron chi connectivity index (χ2n) is 9.18. The number of ether oxygens (including phenoxy) is 2. The molecule has 0 unspecified atom stereocenters. The molecule has 216 valence electrons. The standard InChI is InChI=1S/C29H28F4N4O4/c1-40-16-15-36(28(39)34-21-11-9-20(10-12-21)29(31,32)33)18-27(38)37-26(19-7-13-22(41-2)14-8-19)17-25(35-37)23-5-3-4-6-24(23)30/h3-14,26H,15-18H2,1-2H3,(H,34,39)/t26-/m1/s1. The van der Waals surface area contributed by atoms with Crippen LogP contribution in [-0.4, -0.2) is 61.5 Å². The summed E-state index contributed by atoms with van der Waals surface area (Å²) in [4.78, 5) is 27.9. The van der Waals surface area contributed by atoms with Crippen LogP contribution in [-0.2, 0) is 15.7 Å². The zero-order chi connectivity index (χ0) is 29.6. The van der Waals surface area contributed by atoms with E-state index in [2.05, 4.69) is 10.4 Å². The number of methoxy groups -OCH3 is 2. The molecule has 3 amide bonds. The zero-order valence-corrected chi connectivity index (χ0v) is 22.3. The molecule has 0 radical (unpaired) electrons. The molecule has 0 fully saturated rings. The summed E-state index contributed by atoms with van der Waals surface area (Å²) in [6.07, 6.45) is -4.29. The largest absolute Gasteiger partial charge is 0.497 e. The van der Waals surface area contributed by atoms with Gasteiger partial charge in [-0.1, -0.05) is 30.3 Å². The van der Waals surface area contributed by atoms with E-state index in [0.717, 1.165) is 29.8 Å². The fraction of sp³-hybridized carbons (Fsp3) is 0.276. The number of amides is 3. The number of nitrogens with zero attached hydrogens (tertiary/aromatic N) is 3. The van der Waals surface area contributed by atoms with E-state index in [0.29, 0.717) is 11.5 Å². The minimum absolute atomic E-state index is 0.0135. The predicted octanol–water partition coefficient (Wildman–Crippen LogP) is 5.71. The molecular formula is C29H28F4N4O4. The van der Waals surface area contributed by atoms with Crippen LogP contribution in [0.5, 0.6) is 5.75 Å². The maximum atomic E-state index is 14.6. The highest BCUT2D eigenvalue weighted by Gasteiger charge is 2.35. The first kappa shape index (κ1) is 29.5. The third-order valence-electron chi connectivity index (χ3n) is 6.49. The van der Waals surface area contributed by atoms with Crippen LogP contribution < -0.4 is 10.1 Å². The van der Waals surface area contributed by atoms with E-state index in [-0.39, 0.29) is 30.8 Å². The van der Waals surface area contributed by atoms with E-state index in [4.69, 9.17) is 9.47 Å². The van der Waals surface area contributed by atoms with Crippen molar-refractivity contribution in [1.29, 1.82) is 0 Å². The summed E-state index contributed by atoms with van der Waals surface area (Å²) >= 11 is 0. The lowest BCUT2D eigenvalue weighted by atomic mass is 9.98. The maximum Gasteiger partial charge on any atom is 0.416 e. The van der Waals surface area contributed by atoms with Crippen molar-refractivity contribution < 1.29 is 36.6 Å². The maximum absolute atomic E-state index is 14.6. The number of hydrogen-bond acceptors (Lipinski definition) is 5. The SMILES string of the molecule is COCCN(CC(=O)N1N=C(c2ccccc2F)C[C@@H]1c1ccc(OC)cc1)C(=O)Nc1ccc(C(F)(F)F)cc1. The van der Waals surface area contributed by atoms with Crippen LogP contribution >= 0.6 is 0 Å². The molecule has 0 aliphatic carbocycles. The smallest absolute Gasteiger partial charge is 0.416 e. The molecule has 0 aromatic heterocycles. The molecule has 1 N–H and O–H groups in total. The van der Waals surface area contributed by atoms with Crippen molar-refractivity contribution in [2.45, 2.75) is 18.6 Å². The fourth-order valence-corrected chi connectivity index (χ4v) is 4.32. The molecule has 8 nitrogen and oxygen atoms in total. The molecule has 3 aromatic carbocycles. The van der Waals surface area contributed by atoms with Crippen LogP contribution in [0.3, 0.4) is 0 Å². The van der Waals surface area contributed by atoms with Crippen molar-refractivity contribution in [3.05, 3.63) is 95.3 Å². The summed E-state index contributed by atoms with van der Waals surface area (Å²) in [6.45, 7) is -0.310. The van der Waals surface area contributed by atoms with Crippen molar-refractivity contribution in [1.82, 2.24) is 9.91 Å². The number of benzene rings is 3. The van der Waals surface area contributed by atoms with E-state index in [1.165, 1.54) is 30.2 Å². The van der Waals surface area contributed by atoms with Gasteiger partial charge >= 0.3 is 12.2 Å². The minimum atomic E-state index is -4.52. The Kier molecular flexibility index (Phi) is 9.23. The van der Waals surface area contributed by atoms with Crippen LogP contribution in [0.15, 0.2) is 77.9 Å². The summed E-state index contributed by atoms with van der Waals surface area (Å²) in [7, 11) is 2.96. The van der Waals surface area contributed by atoms with Crippen LogP contribution in [0.25, 0.3) is 0 Å². The molecule has 1 heterocycles. The molecular weight excluding hydrogens is 544 g/mol. The van der Waals surface area contributed by atoms with Gasteiger partial charge in [0, 0.05) is 31.3 Å². The number of halogens is 4. The Balaban J connectivity index is 1.57. The van der Waals surface area contributed by atoms with Crippen LogP contribution in [0.4, 0.5) is 28.0 Å². The van der Waals surface area contributed by atoms with E-state index in [1.807, 2.05) is 0 Å². The number of anilines is 1. The van der Waals surface area contributed by atoms with Gasteiger partial charge in [0.15, 0.2) is 0 Å². The van der Waals surface area contributed by atoms with Gasteiger partial charge in [-0.2, -0.15) is 18.3 Å². The molecule has 3 aromatic rings. The lowest BCUT2D eigenvalue weighted by Crippen LogP contribution is -2.44. The van der Waals surface area contributed by atoms with Gasteiger partial charge in [0.05, 0.1) is 31.0 Å². The van der Waals surface area contributed by atoms with Crippen molar-refractivity contribution in [2.24, 2.45) is 5.10 Å². The van der Waals surface area contributed by atoms with Gasteiger partial charge in [0.25, 0.3) is 5.91 Å². The predicted molar refractivity (Wildman–Crippen MR) is 144 cm³/mol. The number of rotatable bonds is 9.